The lowest BCUT2D eigenvalue weighted by Crippen LogP contribution is -2.32. The van der Waals surface area contributed by atoms with E-state index in [1.54, 1.807) is 0 Å². The molecule has 1 heterocycles. The van der Waals surface area contributed by atoms with Gasteiger partial charge in [0.2, 0.25) is 6.79 Å². The lowest BCUT2D eigenvalue weighted by molar-refractivity contribution is 0.141. The van der Waals surface area contributed by atoms with Crippen molar-refractivity contribution in [2.45, 2.75) is 18.4 Å². The summed E-state index contributed by atoms with van der Waals surface area (Å²) in [5.74, 6) is 1.87. The van der Waals surface area contributed by atoms with Crippen LogP contribution in [0.5, 0.6) is 11.5 Å². The van der Waals surface area contributed by atoms with Crippen LogP contribution in [-0.4, -0.2) is 37.0 Å². The zero-order chi connectivity index (χ0) is 20.1. The van der Waals surface area contributed by atoms with Gasteiger partial charge in [0.1, 0.15) is 0 Å². The van der Waals surface area contributed by atoms with Gasteiger partial charge in [-0.15, -0.1) is 0 Å². The second kappa shape index (κ2) is 9.12. The van der Waals surface area contributed by atoms with Gasteiger partial charge in [-0.2, -0.15) is 0 Å². The van der Waals surface area contributed by atoms with Gasteiger partial charge in [-0.1, -0.05) is 66.7 Å². The van der Waals surface area contributed by atoms with E-state index in [-0.39, 0.29) is 25.4 Å². The van der Waals surface area contributed by atoms with Crippen LogP contribution in [0.15, 0.2) is 78.9 Å². The third-order valence-corrected chi connectivity index (χ3v) is 5.59. The largest absolute Gasteiger partial charge is 0.454 e. The summed E-state index contributed by atoms with van der Waals surface area (Å²) in [6.45, 7) is 1.18. The Hall–Kier alpha value is -2.82. The fourth-order valence-electron chi connectivity index (χ4n) is 4.00. The Kier molecular flexibility index (Phi) is 6.13. The third-order valence-electron chi connectivity index (χ3n) is 5.59. The Balaban J connectivity index is 1.59. The third kappa shape index (κ3) is 4.61. The van der Waals surface area contributed by atoms with Crippen LogP contribution in [0, 0.1) is 0 Å². The molecule has 1 aliphatic rings. The summed E-state index contributed by atoms with van der Waals surface area (Å²) in [6, 6.07) is 26.9. The van der Waals surface area contributed by atoms with Gasteiger partial charge in [0.05, 0.1) is 12.6 Å². The van der Waals surface area contributed by atoms with E-state index in [0.29, 0.717) is 0 Å². The van der Waals surface area contributed by atoms with Gasteiger partial charge in [0, 0.05) is 12.5 Å². The first-order valence-electron chi connectivity index (χ1n) is 10.0. The molecule has 0 aromatic heterocycles. The highest BCUT2D eigenvalue weighted by Gasteiger charge is 2.23. The van der Waals surface area contributed by atoms with Crippen molar-refractivity contribution < 1.29 is 14.6 Å². The quantitative estimate of drug-likeness (QED) is 0.620. The van der Waals surface area contributed by atoms with Crippen molar-refractivity contribution >= 4 is 0 Å². The molecule has 0 amide bonds. The van der Waals surface area contributed by atoms with E-state index in [9.17, 15) is 5.11 Å². The molecule has 4 nitrogen and oxygen atoms in total. The Morgan fingerprint density at radius 2 is 1.55 bits per heavy atom. The number of nitrogens with zero attached hydrogens (tertiary/aromatic N) is 1. The molecule has 1 aliphatic heterocycles. The minimum Gasteiger partial charge on any atom is -0.454 e. The zero-order valence-electron chi connectivity index (χ0n) is 16.7. The first-order valence-corrected chi connectivity index (χ1v) is 10.0. The average molecular weight is 389 g/mol. The Morgan fingerprint density at radius 3 is 2.28 bits per heavy atom. The lowest BCUT2D eigenvalue weighted by atomic mass is 9.90. The van der Waals surface area contributed by atoms with Gasteiger partial charge in [-0.05, 0) is 42.3 Å². The molecule has 0 fully saturated rings. The normalized spacial score (nSPS) is 14.7. The summed E-state index contributed by atoms with van der Waals surface area (Å²) < 4.78 is 11.1. The predicted octanol–water partition coefficient (Wildman–Crippen LogP) is 4.41. The van der Waals surface area contributed by atoms with Gasteiger partial charge < -0.3 is 14.6 Å². The maximum atomic E-state index is 10.1. The molecule has 4 heteroatoms. The standard InChI is InChI=1S/C25H27NO3/c1-26(23(17-27)20-10-6-3-7-11-20)16-22(14-19-8-4-2-5-9-19)21-12-13-24-25(15-21)29-18-28-24/h2-13,15,22-23,27H,14,16-18H2,1H3/t22-,23-/m0/s1. The molecular formula is C25H27NO3. The predicted molar refractivity (Wildman–Crippen MR) is 114 cm³/mol. The van der Waals surface area contributed by atoms with Crippen molar-refractivity contribution in [1.82, 2.24) is 4.90 Å². The van der Waals surface area contributed by atoms with Crippen LogP contribution < -0.4 is 9.47 Å². The Bertz CT molecular complexity index is 914. The van der Waals surface area contributed by atoms with Crippen LogP contribution in [0.1, 0.15) is 28.7 Å². The van der Waals surface area contributed by atoms with Crippen LogP contribution in [0.4, 0.5) is 0 Å². The fraction of sp³-hybridized carbons (Fsp3) is 0.280. The molecule has 1 N–H and O–H groups in total. The van der Waals surface area contributed by atoms with Crippen LogP contribution >= 0.6 is 0 Å². The number of hydrogen-bond donors (Lipinski definition) is 1. The van der Waals surface area contributed by atoms with E-state index < -0.39 is 0 Å². The summed E-state index contributed by atoms with van der Waals surface area (Å²) in [4.78, 5) is 2.24. The van der Waals surface area contributed by atoms with Crippen molar-refractivity contribution in [3.8, 4) is 11.5 Å². The molecule has 0 radical (unpaired) electrons. The van der Waals surface area contributed by atoms with Gasteiger partial charge >= 0.3 is 0 Å². The number of benzene rings is 3. The molecule has 0 saturated carbocycles. The molecule has 0 spiro atoms. The summed E-state index contributed by atoms with van der Waals surface area (Å²) >= 11 is 0. The first kappa shape index (κ1) is 19.5. The average Bonchev–Trinajstić information content (AvgIpc) is 3.23. The molecule has 29 heavy (non-hydrogen) atoms. The van der Waals surface area contributed by atoms with Crippen molar-refractivity contribution in [2.24, 2.45) is 0 Å². The molecule has 3 aromatic rings. The summed E-state index contributed by atoms with van der Waals surface area (Å²) in [7, 11) is 2.08. The molecular weight excluding hydrogens is 362 g/mol. The van der Waals surface area contributed by atoms with Crippen LogP contribution in [0.3, 0.4) is 0 Å². The minimum atomic E-state index is -0.0384. The molecule has 150 valence electrons. The fourth-order valence-corrected chi connectivity index (χ4v) is 4.00. The number of hydrogen-bond acceptors (Lipinski definition) is 4. The highest BCUT2D eigenvalue weighted by Crippen LogP contribution is 2.36. The molecule has 3 aromatic carbocycles. The molecule has 0 bridgehead atoms. The maximum absolute atomic E-state index is 10.1. The number of rotatable bonds is 8. The molecule has 4 rings (SSSR count). The van der Waals surface area contributed by atoms with Gasteiger partial charge in [0.15, 0.2) is 11.5 Å². The smallest absolute Gasteiger partial charge is 0.231 e. The van der Waals surface area contributed by atoms with Gasteiger partial charge in [-0.25, -0.2) is 0 Å². The summed E-state index contributed by atoms with van der Waals surface area (Å²) in [5, 5.41) is 10.1. The number of likely N-dealkylation sites (N-methyl/N-ethyl adjacent to an activating group) is 1. The summed E-state index contributed by atoms with van der Waals surface area (Å²) in [5.41, 5.74) is 3.64. The van der Waals surface area contributed by atoms with E-state index in [2.05, 4.69) is 60.5 Å². The zero-order valence-corrected chi connectivity index (χ0v) is 16.7. The van der Waals surface area contributed by atoms with E-state index in [0.717, 1.165) is 30.0 Å². The van der Waals surface area contributed by atoms with Crippen LogP contribution in [-0.2, 0) is 6.42 Å². The van der Waals surface area contributed by atoms with E-state index >= 15 is 0 Å². The molecule has 2 atom stereocenters. The highest BCUT2D eigenvalue weighted by molar-refractivity contribution is 5.45. The Morgan fingerprint density at radius 1 is 0.862 bits per heavy atom. The SMILES string of the molecule is CN(C[C@H](Cc1ccccc1)c1ccc2c(c1)OCO2)[C@@H](CO)c1ccccc1. The number of ether oxygens (including phenoxy) is 2. The van der Waals surface area contributed by atoms with Crippen LogP contribution in [0.25, 0.3) is 0 Å². The lowest BCUT2D eigenvalue weighted by Gasteiger charge is -2.31. The van der Waals surface area contributed by atoms with Gasteiger partial charge in [0.25, 0.3) is 0 Å². The number of aliphatic hydroxyl groups is 1. The van der Waals surface area contributed by atoms with Crippen molar-refractivity contribution in [3.63, 3.8) is 0 Å². The molecule has 0 aliphatic carbocycles. The number of aliphatic hydroxyl groups excluding tert-OH is 1. The molecule has 0 saturated heterocycles. The topological polar surface area (TPSA) is 41.9 Å². The van der Waals surface area contributed by atoms with Crippen LogP contribution in [0.2, 0.25) is 0 Å². The van der Waals surface area contributed by atoms with Crippen molar-refractivity contribution in [2.75, 3.05) is 27.0 Å². The first-order chi connectivity index (χ1) is 14.2. The van der Waals surface area contributed by atoms with Crippen molar-refractivity contribution in [3.05, 3.63) is 95.6 Å². The molecule has 0 unspecified atom stereocenters. The maximum Gasteiger partial charge on any atom is 0.231 e. The second-order valence-corrected chi connectivity index (χ2v) is 7.55. The van der Waals surface area contributed by atoms with E-state index in [4.69, 9.17) is 9.47 Å². The minimum absolute atomic E-state index is 0.0384. The second-order valence-electron chi connectivity index (χ2n) is 7.55. The monoisotopic (exact) mass is 389 g/mol. The van der Waals surface area contributed by atoms with E-state index in [1.807, 2.05) is 30.3 Å². The highest BCUT2D eigenvalue weighted by atomic mass is 16.7. The number of fused-ring (bicyclic) bond motifs is 1. The van der Waals surface area contributed by atoms with Crippen molar-refractivity contribution in [1.29, 1.82) is 0 Å². The summed E-state index contributed by atoms with van der Waals surface area (Å²) in [6.07, 6.45) is 0.914. The Labute approximate surface area is 172 Å². The van der Waals surface area contributed by atoms with E-state index in [1.165, 1.54) is 11.1 Å². The van der Waals surface area contributed by atoms with Gasteiger partial charge in [-0.3, -0.25) is 4.90 Å².